The number of aliphatic hydroxyl groups is 1. The molecule has 1 aromatic heterocycles. The number of aromatic nitrogens is 1. The fraction of sp³-hybridized carbons (Fsp3) is 0.357. The molecule has 1 amide bonds. The first-order chi connectivity index (χ1) is 9.02. The third kappa shape index (κ3) is 3.52. The lowest BCUT2D eigenvalue weighted by atomic mass is 10.1. The monoisotopic (exact) mass is 278 g/mol. The zero-order chi connectivity index (χ0) is 13.9. The molecule has 0 aliphatic heterocycles. The van der Waals surface area contributed by atoms with Crippen LogP contribution >= 0.6 is 11.8 Å². The number of hydrogen-bond donors (Lipinski definition) is 3. The number of thioether (sulfide) groups is 1. The molecule has 0 aliphatic carbocycles. The molecule has 0 saturated carbocycles. The average molecular weight is 278 g/mol. The van der Waals surface area contributed by atoms with Crippen LogP contribution in [-0.2, 0) is 0 Å². The van der Waals surface area contributed by atoms with Gasteiger partial charge in [0.2, 0.25) is 0 Å². The maximum Gasteiger partial charge on any atom is 0.267 e. The zero-order valence-electron chi connectivity index (χ0n) is 11.1. The van der Waals surface area contributed by atoms with Crippen LogP contribution in [0, 0.1) is 0 Å². The normalized spacial score (nSPS) is 14.3. The molecule has 0 fully saturated rings. The molecular formula is C14H18N2O2S. The van der Waals surface area contributed by atoms with E-state index in [0.29, 0.717) is 11.4 Å². The van der Waals surface area contributed by atoms with E-state index in [-0.39, 0.29) is 12.5 Å². The fourth-order valence-electron chi connectivity index (χ4n) is 1.92. The largest absolute Gasteiger partial charge is 0.387 e. The van der Waals surface area contributed by atoms with Gasteiger partial charge in [-0.3, -0.25) is 4.79 Å². The molecule has 0 bridgehead atoms. The van der Waals surface area contributed by atoms with Gasteiger partial charge in [-0.15, -0.1) is 0 Å². The molecule has 102 valence electrons. The van der Waals surface area contributed by atoms with Crippen molar-refractivity contribution in [1.29, 1.82) is 0 Å². The molecule has 0 unspecified atom stereocenters. The predicted octanol–water partition coefficient (Wildman–Crippen LogP) is 2.01. The van der Waals surface area contributed by atoms with Crippen LogP contribution in [0.15, 0.2) is 30.3 Å². The van der Waals surface area contributed by atoms with Crippen LogP contribution in [0.25, 0.3) is 10.9 Å². The van der Waals surface area contributed by atoms with E-state index in [4.69, 9.17) is 0 Å². The van der Waals surface area contributed by atoms with Gasteiger partial charge in [0.05, 0.1) is 5.60 Å². The highest BCUT2D eigenvalue weighted by molar-refractivity contribution is 7.98. The smallest absolute Gasteiger partial charge is 0.267 e. The summed E-state index contributed by atoms with van der Waals surface area (Å²) in [4.78, 5) is 15.1. The molecule has 5 heteroatoms. The second-order valence-corrected chi connectivity index (χ2v) is 5.75. The third-order valence-electron chi connectivity index (χ3n) is 2.86. The summed E-state index contributed by atoms with van der Waals surface area (Å²) >= 11 is 1.55. The maximum atomic E-state index is 12.0. The number of nitrogens with one attached hydrogen (secondary N) is 2. The van der Waals surface area contributed by atoms with Gasteiger partial charge < -0.3 is 15.4 Å². The van der Waals surface area contributed by atoms with Crippen LogP contribution in [-0.4, -0.2) is 40.2 Å². The van der Waals surface area contributed by atoms with E-state index < -0.39 is 5.60 Å². The minimum Gasteiger partial charge on any atom is -0.387 e. The summed E-state index contributed by atoms with van der Waals surface area (Å²) < 4.78 is 0. The van der Waals surface area contributed by atoms with Gasteiger partial charge in [-0.25, -0.2) is 0 Å². The summed E-state index contributed by atoms with van der Waals surface area (Å²) in [6.45, 7) is 1.96. The molecule has 1 aromatic carbocycles. The Labute approximate surface area is 116 Å². The number of carbonyl (C=O) groups is 1. The quantitative estimate of drug-likeness (QED) is 0.784. The Morgan fingerprint density at radius 2 is 2.21 bits per heavy atom. The number of aromatic amines is 1. The van der Waals surface area contributed by atoms with E-state index in [1.165, 1.54) is 0 Å². The number of para-hydroxylation sites is 1. The van der Waals surface area contributed by atoms with Crippen LogP contribution in [0.4, 0.5) is 0 Å². The van der Waals surface area contributed by atoms with Gasteiger partial charge in [-0.2, -0.15) is 11.8 Å². The van der Waals surface area contributed by atoms with Crippen LogP contribution in [0.2, 0.25) is 0 Å². The van der Waals surface area contributed by atoms with Crippen LogP contribution in [0.1, 0.15) is 17.4 Å². The standard InChI is InChI=1S/C14H18N2O2S/c1-14(18,9-19-2)8-15-13(17)12-7-10-5-3-4-6-11(10)16-12/h3-7,16,18H,8-9H2,1-2H3,(H,15,17)/t14-/m1/s1. The molecule has 1 heterocycles. The summed E-state index contributed by atoms with van der Waals surface area (Å²) in [5.74, 6) is 0.387. The van der Waals surface area contributed by atoms with Gasteiger partial charge >= 0.3 is 0 Å². The molecule has 4 nitrogen and oxygen atoms in total. The van der Waals surface area contributed by atoms with E-state index in [9.17, 15) is 9.90 Å². The molecular weight excluding hydrogens is 260 g/mol. The van der Waals surface area contributed by atoms with E-state index in [0.717, 1.165) is 10.9 Å². The SMILES string of the molecule is CSC[C@](C)(O)CNC(=O)c1cc2ccccc2[nH]1. The average Bonchev–Trinajstić information content (AvgIpc) is 2.79. The molecule has 1 atom stereocenters. The summed E-state index contributed by atoms with van der Waals surface area (Å²) in [7, 11) is 0. The number of amides is 1. The Hall–Kier alpha value is -1.46. The molecule has 2 rings (SSSR count). The Balaban J connectivity index is 2.04. The second-order valence-electron chi connectivity index (χ2n) is 4.88. The third-order valence-corrected chi connectivity index (χ3v) is 3.77. The van der Waals surface area contributed by atoms with Crippen molar-refractivity contribution >= 4 is 28.6 Å². The molecule has 0 radical (unpaired) electrons. The number of fused-ring (bicyclic) bond motifs is 1. The first-order valence-corrected chi connectivity index (χ1v) is 7.48. The Morgan fingerprint density at radius 1 is 1.47 bits per heavy atom. The molecule has 3 N–H and O–H groups in total. The van der Waals surface area contributed by atoms with Crippen molar-refractivity contribution in [2.24, 2.45) is 0 Å². The number of rotatable bonds is 5. The van der Waals surface area contributed by atoms with Gasteiger partial charge in [-0.05, 0) is 25.3 Å². The van der Waals surface area contributed by atoms with Crippen molar-refractivity contribution < 1.29 is 9.90 Å². The van der Waals surface area contributed by atoms with E-state index in [1.807, 2.05) is 36.6 Å². The highest BCUT2D eigenvalue weighted by Crippen LogP contribution is 2.15. The molecule has 0 spiro atoms. The fourth-order valence-corrected chi connectivity index (χ4v) is 2.65. The highest BCUT2D eigenvalue weighted by Gasteiger charge is 2.21. The first kappa shape index (κ1) is 14.0. The van der Waals surface area contributed by atoms with E-state index >= 15 is 0 Å². The number of hydrogen-bond acceptors (Lipinski definition) is 3. The molecule has 19 heavy (non-hydrogen) atoms. The van der Waals surface area contributed by atoms with Crippen molar-refractivity contribution in [3.8, 4) is 0 Å². The predicted molar refractivity (Wildman–Crippen MR) is 79.6 cm³/mol. The number of H-pyrrole nitrogens is 1. The minimum atomic E-state index is -0.888. The second kappa shape index (κ2) is 5.67. The maximum absolute atomic E-state index is 12.0. The summed E-state index contributed by atoms with van der Waals surface area (Å²) in [5.41, 5.74) is 0.561. The van der Waals surface area contributed by atoms with Gasteiger partial charge in [0.1, 0.15) is 5.69 Å². The number of benzene rings is 1. The molecule has 0 saturated heterocycles. The summed E-state index contributed by atoms with van der Waals surface area (Å²) in [6, 6.07) is 9.54. The van der Waals surface area contributed by atoms with Crippen molar-refractivity contribution in [2.75, 3.05) is 18.6 Å². The van der Waals surface area contributed by atoms with Crippen molar-refractivity contribution in [3.05, 3.63) is 36.0 Å². The Morgan fingerprint density at radius 3 is 2.89 bits per heavy atom. The van der Waals surface area contributed by atoms with Crippen LogP contribution in [0.5, 0.6) is 0 Å². The zero-order valence-corrected chi connectivity index (χ0v) is 11.9. The highest BCUT2D eigenvalue weighted by atomic mass is 32.2. The Bertz CT molecular complexity index is 545. The van der Waals surface area contributed by atoms with Gasteiger partial charge in [0, 0.05) is 23.2 Å². The lowest BCUT2D eigenvalue weighted by molar-refractivity contribution is 0.0723. The van der Waals surface area contributed by atoms with E-state index in [1.54, 1.807) is 18.7 Å². The van der Waals surface area contributed by atoms with Crippen molar-refractivity contribution in [2.45, 2.75) is 12.5 Å². The molecule has 0 aliphatic rings. The first-order valence-electron chi connectivity index (χ1n) is 6.09. The van der Waals surface area contributed by atoms with Gasteiger partial charge in [0.25, 0.3) is 5.91 Å². The van der Waals surface area contributed by atoms with Crippen LogP contribution in [0.3, 0.4) is 0 Å². The topological polar surface area (TPSA) is 65.1 Å². The summed E-state index contributed by atoms with van der Waals surface area (Å²) in [6.07, 6.45) is 1.92. The van der Waals surface area contributed by atoms with Gasteiger partial charge in [0.15, 0.2) is 0 Å². The summed E-state index contributed by atoms with van der Waals surface area (Å²) in [5, 5.41) is 13.8. The molecule has 2 aromatic rings. The Kier molecular flexibility index (Phi) is 4.17. The lowest BCUT2D eigenvalue weighted by Gasteiger charge is -2.22. The van der Waals surface area contributed by atoms with E-state index in [2.05, 4.69) is 10.3 Å². The minimum absolute atomic E-state index is 0.197. The van der Waals surface area contributed by atoms with Crippen molar-refractivity contribution in [1.82, 2.24) is 10.3 Å². The van der Waals surface area contributed by atoms with Gasteiger partial charge in [-0.1, -0.05) is 18.2 Å². The lowest BCUT2D eigenvalue weighted by Crippen LogP contribution is -2.42. The number of carbonyl (C=O) groups excluding carboxylic acids is 1. The van der Waals surface area contributed by atoms with Crippen molar-refractivity contribution in [3.63, 3.8) is 0 Å². The van der Waals surface area contributed by atoms with Crippen LogP contribution < -0.4 is 5.32 Å².